The maximum absolute atomic E-state index is 10.2. The SMILES string of the molecule is C=CCc1ccccc1OCC(O)Cc1nc2ncnc(N)c2[nH]1. The number of H-pyrrole nitrogens is 1. The second-order valence-electron chi connectivity index (χ2n) is 5.41. The molecule has 0 aliphatic rings. The summed E-state index contributed by atoms with van der Waals surface area (Å²) in [5.74, 6) is 1.67. The van der Waals surface area contributed by atoms with Crippen molar-refractivity contribution in [2.45, 2.75) is 18.9 Å². The van der Waals surface area contributed by atoms with Crippen LogP contribution in [0.3, 0.4) is 0 Å². The Hall–Kier alpha value is -2.93. The van der Waals surface area contributed by atoms with Crippen LogP contribution in [0.4, 0.5) is 5.82 Å². The highest BCUT2D eigenvalue weighted by Crippen LogP contribution is 2.19. The van der Waals surface area contributed by atoms with Gasteiger partial charge in [0.25, 0.3) is 0 Å². The molecule has 0 fully saturated rings. The molecule has 3 aromatic rings. The van der Waals surface area contributed by atoms with Gasteiger partial charge in [0.1, 0.15) is 30.0 Å². The molecule has 0 aliphatic heterocycles. The number of aromatic nitrogens is 4. The topological polar surface area (TPSA) is 110 Å². The highest BCUT2D eigenvalue weighted by molar-refractivity contribution is 5.80. The van der Waals surface area contributed by atoms with Crippen LogP contribution < -0.4 is 10.5 Å². The molecule has 0 radical (unpaired) electrons. The summed E-state index contributed by atoms with van der Waals surface area (Å²) in [5.41, 5.74) is 7.86. The number of allylic oxidation sites excluding steroid dienone is 1. The second kappa shape index (κ2) is 7.10. The minimum atomic E-state index is -0.712. The Kier molecular flexibility index (Phi) is 4.72. The Morgan fingerprint density at radius 1 is 1.33 bits per heavy atom. The maximum Gasteiger partial charge on any atom is 0.183 e. The molecule has 0 saturated carbocycles. The molecular weight excluding hydrogens is 306 g/mol. The molecule has 1 unspecified atom stereocenters. The van der Waals surface area contributed by atoms with Gasteiger partial charge in [-0.15, -0.1) is 6.58 Å². The van der Waals surface area contributed by atoms with Crippen LogP contribution in [0.5, 0.6) is 5.75 Å². The molecule has 2 heterocycles. The third-order valence-electron chi connectivity index (χ3n) is 3.56. The number of nitrogens with zero attached hydrogens (tertiary/aromatic N) is 3. The van der Waals surface area contributed by atoms with Crippen LogP contribution in [-0.4, -0.2) is 37.8 Å². The van der Waals surface area contributed by atoms with Gasteiger partial charge in [0.05, 0.1) is 6.10 Å². The van der Waals surface area contributed by atoms with Crippen LogP contribution in [0.1, 0.15) is 11.4 Å². The third-order valence-corrected chi connectivity index (χ3v) is 3.56. The van der Waals surface area contributed by atoms with Gasteiger partial charge in [-0.1, -0.05) is 24.3 Å². The molecule has 2 aromatic heterocycles. The van der Waals surface area contributed by atoms with Crippen molar-refractivity contribution in [2.24, 2.45) is 0 Å². The van der Waals surface area contributed by atoms with Crippen LogP contribution in [0.25, 0.3) is 11.2 Å². The van der Waals surface area contributed by atoms with E-state index in [1.54, 1.807) is 0 Å². The van der Waals surface area contributed by atoms with Gasteiger partial charge in [0.2, 0.25) is 0 Å². The average molecular weight is 325 g/mol. The first-order valence-electron chi connectivity index (χ1n) is 7.62. The zero-order valence-corrected chi connectivity index (χ0v) is 13.1. The second-order valence-corrected chi connectivity index (χ2v) is 5.41. The highest BCUT2D eigenvalue weighted by atomic mass is 16.5. The first-order chi connectivity index (χ1) is 11.7. The molecule has 0 amide bonds. The van der Waals surface area contributed by atoms with Gasteiger partial charge < -0.3 is 20.6 Å². The number of nitrogens with one attached hydrogen (secondary N) is 1. The molecule has 1 atom stereocenters. The van der Waals surface area contributed by atoms with E-state index in [0.29, 0.717) is 35.6 Å². The molecule has 3 rings (SSSR count). The summed E-state index contributed by atoms with van der Waals surface area (Å²) in [7, 11) is 0. The number of aliphatic hydroxyl groups is 1. The number of para-hydroxylation sites is 1. The highest BCUT2D eigenvalue weighted by Gasteiger charge is 2.13. The fourth-order valence-electron chi connectivity index (χ4n) is 2.43. The van der Waals surface area contributed by atoms with Gasteiger partial charge in [-0.05, 0) is 18.1 Å². The number of benzene rings is 1. The van der Waals surface area contributed by atoms with Gasteiger partial charge >= 0.3 is 0 Å². The van der Waals surface area contributed by atoms with Crippen molar-refractivity contribution in [2.75, 3.05) is 12.3 Å². The fraction of sp³-hybridized carbons (Fsp3) is 0.235. The van der Waals surface area contributed by atoms with Crippen LogP contribution in [0.15, 0.2) is 43.2 Å². The minimum absolute atomic E-state index is 0.159. The van der Waals surface area contributed by atoms with E-state index in [1.165, 1.54) is 6.33 Å². The lowest BCUT2D eigenvalue weighted by Crippen LogP contribution is -2.21. The van der Waals surface area contributed by atoms with Crippen molar-refractivity contribution >= 4 is 17.0 Å². The summed E-state index contributed by atoms with van der Waals surface area (Å²) < 4.78 is 5.73. The Morgan fingerprint density at radius 3 is 2.96 bits per heavy atom. The van der Waals surface area contributed by atoms with Gasteiger partial charge in [-0.3, -0.25) is 0 Å². The van der Waals surface area contributed by atoms with E-state index in [4.69, 9.17) is 10.5 Å². The number of aromatic amines is 1. The third kappa shape index (κ3) is 3.52. The van der Waals surface area contributed by atoms with Crippen molar-refractivity contribution in [3.63, 3.8) is 0 Å². The zero-order valence-electron chi connectivity index (χ0n) is 13.1. The lowest BCUT2D eigenvalue weighted by atomic mass is 10.1. The Morgan fingerprint density at radius 2 is 2.17 bits per heavy atom. The molecule has 0 bridgehead atoms. The van der Waals surface area contributed by atoms with Crippen LogP contribution in [0, 0.1) is 0 Å². The van der Waals surface area contributed by atoms with Crippen LogP contribution in [0.2, 0.25) is 0 Å². The number of aliphatic hydroxyl groups excluding tert-OH is 1. The normalized spacial score (nSPS) is 12.2. The first kappa shape index (κ1) is 15.9. The minimum Gasteiger partial charge on any atom is -0.491 e. The summed E-state index contributed by atoms with van der Waals surface area (Å²) in [4.78, 5) is 15.3. The molecule has 0 spiro atoms. The predicted molar refractivity (Wildman–Crippen MR) is 91.6 cm³/mol. The average Bonchev–Trinajstić information content (AvgIpc) is 2.98. The van der Waals surface area contributed by atoms with Crippen molar-refractivity contribution in [3.05, 3.63) is 54.6 Å². The van der Waals surface area contributed by atoms with Crippen LogP contribution >= 0.6 is 0 Å². The van der Waals surface area contributed by atoms with Gasteiger partial charge in [0, 0.05) is 6.42 Å². The number of fused-ring (bicyclic) bond motifs is 1. The number of rotatable bonds is 7. The zero-order chi connectivity index (χ0) is 16.9. The number of ether oxygens (including phenoxy) is 1. The van der Waals surface area contributed by atoms with E-state index in [9.17, 15) is 5.11 Å². The molecule has 1 aromatic carbocycles. The first-order valence-corrected chi connectivity index (χ1v) is 7.62. The molecule has 0 saturated heterocycles. The summed E-state index contributed by atoms with van der Waals surface area (Å²) in [6.07, 6.45) is 3.49. The van der Waals surface area contributed by atoms with E-state index in [1.807, 2.05) is 30.3 Å². The van der Waals surface area contributed by atoms with Gasteiger partial charge in [-0.2, -0.15) is 0 Å². The molecule has 24 heavy (non-hydrogen) atoms. The standard InChI is InChI=1S/C17H19N5O2/c1-2-5-11-6-3-4-7-13(11)24-9-12(23)8-14-21-15-16(18)19-10-20-17(15)22-14/h2-4,6-7,10,12,23H,1,5,8-9H2,(H3,18,19,20,21,22). The number of nitrogen functional groups attached to an aromatic ring is 1. The maximum atomic E-state index is 10.2. The largest absolute Gasteiger partial charge is 0.491 e. The van der Waals surface area contributed by atoms with Crippen molar-refractivity contribution in [1.82, 2.24) is 19.9 Å². The van der Waals surface area contributed by atoms with Crippen molar-refractivity contribution in [1.29, 1.82) is 0 Å². The smallest absolute Gasteiger partial charge is 0.183 e. The van der Waals surface area contributed by atoms with Crippen molar-refractivity contribution in [3.8, 4) is 5.75 Å². The summed E-state index contributed by atoms with van der Waals surface area (Å²) >= 11 is 0. The molecule has 4 N–H and O–H groups in total. The van der Waals surface area contributed by atoms with Crippen molar-refractivity contribution < 1.29 is 9.84 Å². The molecule has 7 heteroatoms. The predicted octanol–water partition coefficient (Wildman–Crippen LogP) is 1.65. The quantitative estimate of drug-likeness (QED) is 0.570. The molecule has 7 nitrogen and oxygen atoms in total. The lowest BCUT2D eigenvalue weighted by molar-refractivity contribution is 0.106. The van der Waals surface area contributed by atoms with E-state index >= 15 is 0 Å². The lowest BCUT2D eigenvalue weighted by Gasteiger charge is -2.13. The molecule has 0 aliphatic carbocycles. The Labute approximate surface area is 139 Å². The number of hydrogen-bond donors (Lipinski definition) is 3. The monoisotopic (exact) mass is 325 g/mol. The number of nitrogens with two attached hydrogens (primary N) is 1. The van der Waals surface area contributed by atoms with Crippen LogP contribution in [-0.2, 0) is 12.8 Å². The van der Waals surface area contributed by atoms with E-state index in [2.05, 4.69) is 26.5 Å². The summed E-state index contributed by atoms with van der Waals surface area (Å²) in [6.45, 7) is 3.90. The number of anilines is 1. The molecular formula is C17H19N5O2. The molecule has 124 valence electrons. The van der Waals surface area contributed by atoms with Gasteiger partial charge in [0.15, 0.2) is 11.5 Å². The summed E-state index contributed by atoms with van der Waals surface area (Å²) in [6, 6.07) is 7.70. The van der Waals surface area contributed by atoms with E-state index in [0.717, 1.165) is 11.3 Å². The van der Waals surface area contributed by atoms with Gasteiger partial charge in [-0.25, -0.2) is 15.0 Å². The fourth-order valence-corrected chi connectivity index (χ4v) is 2.43. The number of imidazole rings is 1. The number of hydrogen-bond acceptors (Lipinski definition) is 6. The Bertz CT molecular complexity index is 846. The van der Waals surface area contributed by atoms with E-state index in [-0.39, 0.29) is 6.61 Å². The Balaban J connectivity index is 1.64. The summed E-state index contributed by atoms with van der Waals surface area (Å²) in [5, 5.41) is 10.2. The van der Waals surface area contributed by atoms with E-state index < -0.39 is 6.10 Å².